The molecule has 0 spiro atoms. The summed E-state index contributed by atoms with van der Waals surface area (Å²) in [4.78, 5) is 12.9. The Labute approximate surface area is 162 Å². The zero-order valence-corrected chi connectivity index (χ0v) is 15.3. The molecule has 5 heteroatoms. The van der Waals surface area contributed by atoms with Crippen LogP contribution >= 0.6 is 0 Å². The molecular formula is C23H19NO4. The Balaban J connectivity index is 1.68. The highest BCUT2D eigenvalue weighted by Crippen LogP contribution is 2.34. The van der Waals surface area contributed by atoms with Gasteiger partial charge < -0.3 is 19.6 Å². The molecule has 1 aromatic heterocycles. The van der Waals surface area contributed by atoms with Crippen molar-refractivity contribution in [3.05, 3.63) is 84.1 Å². The van der Waals surface area contributed by atoms with Crippen LogP contribution in [0, 0.1) is 0 Å². The number of amides is 1. The second-order valence-electron chi connectivity index (χ2n) is 6.32. The first kappa shape index (κ1) is 17.8. The highest BCUT2D eigenvalue weighted by atomic mass is 16.5. The van der Waals surface area contributed by atoms with Crippen LogP contribution in [0.2, 0.25) is 0 Å². The Bertz CT molecular complexity index is 1140. The number of furan rings is 1. The third-order valence-electron chi connectivity index (χ3n) is 4.57. The van der Waals surface area contributed by atoms with Crippen LogP contribution in [-0.4, -0.2) is 18.1 Å². The number of nitrogens with one attached hydrogen (secondary N) is 1. The monoisotopic (exact) mass is 373 g/mol. The summed E-state index contributed by atoms with van der Waals surface area (Å²) in [6.45, 7) is -0.181. The van der Waals surface area contributed by atoms with Crippen LogP contribution in [0.5, 0.6) is 5.75 Å². The summed E-state index contributed by atoms with van der Waals surface area (Å²) < 4.78 is 11.0. The number of aliphatic hydroxyl groups is 1. The van der Waals surface area contributed by atoms with Crippen molar-refractivity contribution in [2.24, 2.45) is 0 Å². The Morgan fingerprint density at radius 2 is 1.86 bits per heavy atom. The van der Waals surface area contributed by atoms with E-state index in [0.717, 1.165) is 10.8 Å². The smallest absolute Gasteiger partial charge is 0.256 e. The molecule has 140 valence electrons. The van der Waals surface area contributed by atoms with Crippen molar-refractivity contribution < 1.29 is 19.1 Å². The SMILES string of the molecule is COc1ccc(NC(=O)c2cccc3ccccc23)cc1-c1ccc(CO)o1. The average Bonchev–Trinajstić information content (AvgIpc) is 3.22. The van der Waals surface area contributed by atoms with Crippen LogP contribution in [0.3, 0.4) is 0 Å². The molecule has 2 N–H and O–H groups in total. The van der Waals surface area contributed by atoms with Gasteiger partial charge in [-0.2, -0.15) is 0 Å². The average molecular weight is 373 g/mol. The molecule has 0 aliphatic carbocycles. The topological polar surface area (TPSA) is 71.7 Å². The number of carbonyl (C=O) groups is 1. The second-order valence-corrected chi connectivity index (χ2v) is 6.32. The van der Waals surface area contributed by atoms with Crippen LogP contribution in [0.4, 0.5) is 5.69 Å². The van der Waals surface area contributed by atoms with Crippen molar-refractivity contribution in [1.29, 1.82) is 0 Å². The number of benzene rings is 3. The molecule has 0 saturated carbocycles. The minimum atomic E-state index is -0.191. The van der Waals surface area contributed by atoms with E-state index in [-0.39, 0.29) is 12.5 Å². The Morgan fingerprint density at radius 3 is 2.64 bits per heavy atom. The molecule has 0 aliphatic rings. The number of methoxy groups -OCH3 is 1. The number of anilines is 1. The zero-order valence-electron chi connectivity index (χ0n) is 15.3. The second kappa shape index (κ2) is 7.58. The Hall–Kier alpha value is -3.57. The lowest BCUT2D eigenvalue weighted by atomic mass is 10.0. The molecule has 0 saturated heterocycles. The number of carbonyl (C=O) groups excluding carboxylic acids is 1. The van der Waals surface area contributed by atoms with Crippen LogP contribution in [-0.2, 0) is 6.61 Å². The van der Waals surface area contributed by atoms with Gasteiger partial charge in [-0.25, -0.2) is 0 Å². The zero-order chi connectivity index (χ0) is 19.5. The van der Waals surface area contributed by atoms with Gasteiger partial charge in [0.25, 0.3) is 5.91 Å². The van der Waals surface area contributed by atoms with E-state index in [2.05, 4.69) is 5.32 Å². The summed E-state index contributed by atoms with van der Waals surface area (Å²) in [6.07, 6.45) is 0. The van der Waals surface area contributed by atoms with Crippen molar-refractivity contribution in [3.8, 4) is 17.1 Å². The predicted molar refractivity (Wildman–Crippen MR) is 109 cm³/mol. The van der Waals surface area contributed by atoms with Crippen molar-refractivity contribution in [1.82, 2.24) is 0 Å². The van der Waals surface area contributed by atoms with Gasteiger partial charge in [0, 0.05) is 11.3 Å². The standard InChI is InChI=1S/C23H19NO4/c1-27-21-11-9-16(13-20(21)22-12-10-17(14-25)28-22)24-23(26)19-8-4-6-15-5-2-3-7-18(15)19/h2-13,25H,14H2,1H3,(H,24,26). The summed E-state index contributed by atoms with van der Waals surface area (Å²) in [5, 5.41) is 14.1. The maximum atomic E-state index is 12.9. The van der Waals surface area contributed by atoms with E-state index in [0.29, 0.717) is 34.1 Å². The fourth-order valence-electron chi connectivity index (χ4n) is 3.21. The normalized spacial score (nSPS) is 10.8. The van der Waals surface area contributed by atoms with Gasteiger partial charge in [0.2, 0.25) is 0 Å². The first-order chi connectivity index (χ1) is 13.7. The molecule has 28 heavy (non-hydrogen) atoms. The van der Waals surface area contributed by atoms with E-state index >= 15 is 0 Å². The predicted octanol–water partition coefficient (Wildman–Crippen LogP) is 4.85. The van der Waals surface area contributed by atoms with E-state index in [9.17, 15) is 9.90 Å². The lowest BCUT2D eigenvalue weighted by Crippen LogP contribution is -2.12. The molecule has 4 aromatic rings. The van der Waals surface area contributed by atoms with Crippen molar-refractivity contribution >= 4 is 22.4 Å². The lowest BCUT2D eigenvalue weighted by Gasteiger charge is -2.11. The molecule has 5 nitrogen and oxygen atoms in total. The fourth-order valence-corrected chi connectivity index (χ4v) is 3.21. The molecule has 1 amide bonds. The minimum Gasteiger partial charge on any atom is -0.496 e. The van der Waals surface area contributed by atoms with Gasteiger partial charge >= 0.3 is 0 Å². The fraction of sp³-hybridized carbons (Fsp3) is 0.0870. The van der Waals surface area contributed by atoms with Crippen LogP contribution in [0.25, 0.3) is 22.1 Å². The minimum absolute atomic E-state index is 0.181. The third-order valence-corrected chi connectivity index (χ3v) is 4.57. The number of aliphatic hydroxyl groups excluding tert-OH is 1. The molecule has 4 rings (SSSR count). The molecule has 3 aromatic carbocycles. The van der Waals surface area contributed by atoms with Crippen molar-refractivity contribution in [2.75, 3.05) is 12.4 Å². The van der Waals surface area contributed by atoms with E-state index in [1.54, 1.807) is 37.4 Å². The van der Waals surface area contributed by atoms with E-state index in [4.69, 9.17) is 9.15 Å². The van der Waals surface area contributed by atoms with Gasteiger partial charge in [-0.05, 0) is 47.2 Å². The van der Waals surface area contributed by atoms with E-state index < -0.39 is 0 Å². The van der Waals surface area contributed by atoms with E-state index in [1.165, 1.54) is 0 Å². The van der Waals surface area contributed by atoms with Gasteiger partial charge in [-0.1, -0.05) is 36.4 Å². The van der Waals surface area contributed by atoms with Crippen molar-refractivity contribution in [3.63, 3.8) is 0 Å². The van der Waals surface area contributed by atoms with Crippen LogP contribution in [0.1, 0.15) is 16.1 Å². The van der Waals surface area contributed by atoms with Gasteiger partial charge in [0.1, 0.15) is 23.9 Å². The number of ether oxygens (including phenoxy) is 1. The van der Waals surface area contributed by atoms with Gasteiger partial charge in [0.15, 0.2) is 0 Å². The van der Waals surface area contributed by atoms with Crippen molar-refractivity contribution in [2.45, 2.75) is 6.61 Å². The molecule has 0 radical (unpaired) electrons. The highest BCUT2D eigenvalue weighted by Gasteiger charge is 2.14. The number of fused-ring (bicyclic) bond motifs is 1. The summed E-state index contributed by atoms with van der Waals surface area (Å²) in [5.74, 6) is 1.44. The molecule has 0 fully saturated rings. The molecule has 0 unspecified atom stereocenters. The number of hydrogen-bond donors (Lipinski definition) is 2. The quantitative estimate of drug-likeness (QED) is 0.524. The molecule has 1 heterocycles. The van der Waals surface area contributed by atoms with E-state index in [1.807, 2.05) is 42.5 Å². The maximum Gasteiger partial charge on any atom is 0.256 e. The summed E-state index contributed by atoms with van der Waals surface area (Å²) in [6, 6.07) is 22.2. The highest BCUT2D eigenvalue weighted by molar-refractivity contribution is 6.13. The first-order valence-electron chi connectivity index (χ1n) is 8.86. The molecular weight excluding hydrogens is 354 g/mol. The first-order valence-corrected chi connectivity index (χ1v) is 8.86. The van der Waals surface area contributed by atoms with Gasteiger partial charge in [-0.15, -0.1) is 0 Å². The van der Waals surface area contributed by atoms with Gasteiger partial charge in [0.05, 0.1) is 12.7 Å². The molecule has 0 aliphatic heterocycles. The molecule has 0 bridgehead atoms. The Morgan fingerprint density at radius 1 is 1.04 bits per heavy atom. The number of hydrogen-bond acceptors (Lipinski definition) is 4. The summed E-state index contributed by atoms with van der Waals surface area (Å²) in [7, 11) is 1.57. The maximum absolute atomic E-state index is 12.9. The third kappa shape index (κ3) is 3.35. The Kier molecular flexibility index (Phi) is 4.83. The van der Waals surface area contributed by atoms with Crippen LogP contribution in [0.15, 0.2) is 77.2 Å². The molecule has 0 atom stereocenters. The summed E-state index contributed by atoms with van der Waals surface area (Å²) in [5.41, 5.74) is 1.92. The largest absolute Gasteiger partial charge is 0.496 e. The van der Waals surface area contributed by atoms with Gasteiger partial charge in [-0.3, -0.25) is 4.79 Å². The lowest BCUT2D eigenvalue weighted by molar-refractivity contribution is 0.102. The summed E-state index contributed by atoms with van der Waals surface area (Å²) >= 11 is 0. The van der Waals surface area contributed by atoms with Crippen LogP contribution < -0.4 is 10.1 Å². The number of rotatable bonds is 5.